The molecule has 4 nitrogen and oxygen atoms in total. The molecule has 1 aromatic rings. The normalized spacial score (nSPS) is 9.76. The molecule has 2 N–H and O–H groups in total. The molecule has 0 saturated heterocycles. The van der Waals surface area contributed by atoms with Crippen LogP contribution in [0.15, 0.2) is 30.9 Å². The first kappa shape index (κ1) is 13.1. The molecule has 0 saturated carbocycles. The predicted octanol–water partition coefficient (Wildman–Crippen LogP) is 1.55. The van der Waals surface area contributed by atoms with Gasteiger partial charge in [0.2, 0.25) is 5.91 Å². The Labute approximate surface area is 100.0 Å². The van der Waals surface area contributed by atoms with Gasteiger partial charge < -0.3 is 10.4 Å². The molecule has 0 spiro atoms. The zero-order valence-corrected chi connectivity index (χ0v) is 9.69. The Morgan fingerprint density at radius 2 is 2.18 bits per heavy atom. The first-order valence-electron chi connectivity index (χ1n) is 5.24. The van der Waals surface area contributed by atoms with Crippen molar-refractivity contribution in [3.63, 3.8) is 0 Å². The van der Waals surface area contributed by atoms with Crippen LogP contribution in [0.1, 0.15) is 22.8 Å². The second-order valence-electron chi connectivity index (χ2n) is 3.63. The van der Waals surface area contributed by atoms with Crippen molar-refractivity contribution in [1.29, 1.82) is 0 Å². The van der Waals surface area contributed by atoms with E-state index >= 15 is 0 Å². The largest absolute Gasteiger partial charge is 0.388 e. The number of aliphatic hydroxyl groups excluding tert-OH is 1. The standard InChI is InChI=1S/C13H15NO3/c1-3-4-10-7-11(13(17)8-15)5-6-12(10)14-9(2)16/h3,5-7,15H,1,4,8H2,2H3,(H,14,16). The lowest BCUT2D eigenvalue weighted by Crippen LogP contribution is -2.10. The highest BCUT2D eigenvalue weighted by molar-refractivity contribution is 5.98. The minimum absolute atomic E-state index is 0.170. The quantitative estimate of drug-likeness (QED) is 0.599. The van der Waals surface area contributed by atoms with Gasteiger partial charge >= 0.3 is 0 Å². The van der Waals surface area contributed by atoms with Gasteiger partial charge in [0.25, 0.3) is 0 Å². The number of amides is 1. The van der Waals surface area contributed by atoms with Gasteiger partial charge in [-0.15, -0.1) is 6.58 Å². The van der Waals surface area contributed by atoms with E-state index in [0.717, 1.165) is 5.56 Å². The smallest absolute Gasteiger partial charge is 0.221 e. The number of hydrogen-bond acceptors (Lipinski definition) is 3. The van der Waals surface area contributed by atoms with Crippen molar-refractivity contribution in [2.75, 3.05) is 11.9 Å². The number of allylic oxidation sites excluding steroid dienone is 1. The Bertz CT molecular complexity index is 452. The molecule has 0 radical (unpaired) electrons. The molecule has 0 unspecified atom stereocenters. The Morgan fingerprint density at radius 3 is 2.71 bits per heavy atom. The van der Waals surface area contributed by atoms with Crippen LogP contribution in [-0.2, 0) is 11.2 Å². The number of rotatable bonds is 5. The van der Waals surface area contributed by atoms with Gasteiger partial charge in [-0.25, -0.2) is 0 Å². The van der Waals surface area contributed by atoms with E-state index in [1.54, 1.807) is 24.3 Å². The van der Waals surface area contributed by atoms with E-state index in [-0.39, 0.29) is 11.7 Å². The summed E-state index contributed by atoms with van der Waals surface area (Å²) in [4.78, 5) is 22.3. The number of aliphatic hydroxyl groups is 1. The zero-order chi connectivity index (χ0) is 12.8. The van der Waals surface area contributed by atoms with E-state index in [1.165, 1.54) is 6.92 Å². The summed E-state index contributed by atoms with van der Waals surface area (Å²) in [7, 11) is 0. The Hall–Kier alpha value is -1.94. The number of carbonyl (C=O) groups is 2. The molecule has 1 amide bonds. The number of ketones is 1. The Morgan fingerprint density at radius 1 is 1.47 bits per heavy atom. The molecule has 17 heavy (non-hydrogen) atoms. The van der Waals surface area contributed by atoms with Gasteiger partial charge in [0, 0.05) is 18.2 Å². The summed E-state index contributed by atoms with van der Waals surface area (Å²) >= 11 is 0. The molecule has 0 heterocycles. The first-order chi connectivity index (χ1) is 8.08. The topological polar surface area (TPSA) is 66.4 Å². The van der Waals surface area contributed by atoms with E-state index in [1.807, 2.05) is 0 Å². The van der Waals surface area contributed by atoms with Crippen LogP contribution in [0.2, 0.25) is 0 Å². The van der Waals surface area contributed by atoms with Crippen molar-refractivity contribution in [2.24, 2.45) is 0 Å². The van der Waals surface area contributed by atoms with E-state index in [0.29, 0.717) is 17.7 Å². The summed E-state index contributed by atoms with van der Waals surface area (Å²) in [6.07, 6.45) is 2.23. The number of Topliss-reactive ketones (excluding diaryl/α,β-unsaturated/α-hetero) is 1. The molecule has 4 heteroatoms. The van der Waals surface area contributed by atoms with Crippen LogP contribution in [-0.4, -0.2) is 23.4 Å². The molecule has 0 aliphatic rings. The van der Waals surface area contributed by atoms with Crippen molar-refractivity contribution in [3.8, 4) is 0 Å². The van der Waals surface area contributed by atoms with Crippen molar-refractivity contribution < 1.29 is 14.7 Å². The van der Waals surface area contributed by atoms with Gasteiger partial charge in [-0.05, 0) is 30.2 Å². The lowest BCUT2D eigenvalue weighted by atomic mass is 10.0. The molecule has 0 bridgehead atoms. The van der Waals surface area contributed by atoms with Crippen molar-refractivity contribution in [2.45, 2.75) is 13.3 Å². The van der Waals surface area contributed by atoms with Gasteiger partial charge in [-0.2, -0.15) is 0 Å². The summed E-state index contributed by atoms with van der Waals surface area (Å²) in [6, 6.07) is 4.89. The summed E-state index contributed by atoms with van der Waals surface area (Å²) < 4.78 is 0. The fourth-order valence-electron chi connectivity index (χ4n) is 1.49. The number of hydrogen-bond donors (Lipinski definition) is 2. The van der Waals surface area contributed by atoms with E-state index in [9.17, 15) is 9.59 Å². The van der Waals surface area contributed by atoms with Crippen molar-refractivity contribution >= 4 is 17.4 Å². The number of carbonyl (C=O) groups excluding carboxylic acids is 2. The highest BCUT2D eigenvalue weighted by Gasteiger charge is 2.08. The molecule has 0 aromatic heterocycles. The average molecular weight is 233 g/mol. The van der Waals surface area contributed by atoms with Gasteiger partial charge in [-0.1, -0.05) is 6.08 Å². The Balaban J connectivity index is 3.11. The second kappa shape index (κ2) is 5.96. The summed E-state index contributed by atoms with van der Waals surface area (Å²) in [5.74, 6) is -0.513. The number of nitrogens with one attached hydrogen (secondary N) is 1. The molecule has 90 valence electrons. The second-order valence-corrected chi connectivity index (χ2v) is 3.63. The average Bonchev–Trinajstić information content (AvgIpc) is 2.30. The van der Waals surface area contributed by atoms with E-state index in [4.69, 9.17) is 5.11 Å². The van der Waals surface area contributed by atoms with Gasteiger partial charge in [0.1, 0.15) is 6.61 Å². The summed E-state index contributed by atoms with van der Waals surface area (Å²) in [6.45, 7) is 4.52. The molecule has 1 rings (SSSR count). The van der Waals surface area contributed by atoms with Crippen LogP contribution in [0.3, 0.4) is 0 Å². The first-order valence-corrected chi connectivity index (χ1v) is 5.24. The highest BCUT2D eigenvalue weighted by Crippen LogP contribution is 2.19. The van der Waals surface area contributed by atoms with Crippen LogP contribution in [0, 0.1) is 0 Å². The molecule has 1 aromatic carbocycles. The molecular weight excluding hydrogens is 218 g/mol. The maximum Gasteiger partial charge on any atom is 0.221 e. The van der Waals surface area contributed by atoms with Gasteiger partial charge in [-0.3, -0.25) is 9.59 Å². The van der Waals surface area contributed by atoms with Crippen LogP contribution < -0.4 is 5.32 Å². The van der Waals surface area contributed by atoms with Crippen LogP contribution in [0.5, 0.6) is 0 Å². The lowest BCUT2D eigenvalue weighted by Gasteiger charge is -2.10. The summed E-state index contributed by atoms with van der Waals surface area (Å²) in [5.41, 5.74) is 1.89. The lowest BCUT2D eigenvalue weighted by molar-refractivity contribution is -0.114. The molecule has 0 aliphatic carbocycles. The molecule has 0 fully saturated rings. The highest BCUT2D eigenvalue weighted by atomic mass is 16.3. The van der Waals surface area contributed by atoms with E-state index < -0.39 is 6.61 Å². The fraction of sp³-hybridized carbons (Fsp3) is 0.231. The van der Waals surface area contributed by atoms with Crippen LogP contribution in [0.25, 0.3) is 0 Å². The third kappa shape index (κ3) is 3.53. The molecule has 0 aliphatic heterocycles. The predicted molar refractivity (Wildman–Crippen MR) is 66.1 cm³/mol. The minimum Gasteiger partial charge on any atom is -0.388 e. The van der Waals surface area contributed by atoms with E-state index in [2.05, 4.69) is 11.9 Å². The third-order valence-corrected chi connectivity index (χ3v) is 2.25. The van der Waals surface area contributed by atoms with Crippen molar-refractivity contribution in [1.82, 2.24) is 0 Å². The maximum atomic E-state index is 11.3. The maximum absolute atomic E-state index is 11.3. The van der Waals surface area contributed by atoms with Crippen LogP contribution in [0.4, 0.5) is 5.69 Å². The zero-order valence-electron chi connectivity index (χ0n) is 9.69. The van der Waals surface area contributed by atoms with Crippen molar-refractivity contribution in [3.05, 3.63) is 42.0 Å². The minimum atomic E-state index is -0.521. The Kier molecular flexibility index (Phi) is 4.60. The third-order valence-electron chi connectivity index (χ3n) is 2.25. The molecular formula is C13H15NO3. The van der Waals surface area contributed by atoms with Gasteiger partial charge in [0.05, 0.1) is 0 Å². The molecule has 0 atom stereocenters. The fourth-order valence-corrected chi connectivity index (χ4v) is 1.49. The monoisotopic (exact) mass is 233 g/mol. The van der Waals surface area contributed by atoms with Gasteiger partial charge in [0.15, 0.2) is 5.78 Å². The summed E-state index contributed by atoms with van der Waals surface area (Å²) in [5, 5.41) is 11.5. The SMILES string of the molecule is C=CCc1cc(C(=O)CO)ccc1NC(C)=O. The number of anilines is 1. The number of benzene rings is 1. The van der Waals surface area contributed by atoms with Crippen LogP contribution >= 0.6 is 0 Å².